The number of hydrogen-bond donors (Lipinski definition) is 2. The highest BCUT2D eigenvalue weighted by atomic mass is 32.1. The first kappa shape index (κ1) is 13.7. The number of rotatable bonds is 4. The molecule has 3 N–H and O–H groups in total. The van der Waals surface area contributed by atoms with Gasteiger partial charge in [-0.3, -0.25) is 0 Å². The van der Waals surface area contributed by atoms with Gasteiger partial charge in [0.2, 0.25) is 0 Å². The van der Waals surface area contributed by atoms with E-state index >= 15 is 0 Å². The number of thiophene rings is 1. The zero-order valence-corrected chi connectivity index (χ0v) is 10.7. The highest BCUT2D eigenvalue weighted by Gasteiger charge is 2.32. The Morgan fingerprint density at radius 1 is 1.37 bits per heavy atom. The van der Waals surface area contributed by atoms with Crippen molar-refractivity contribution in [3.05, 3.63) is 40.3 Å². The molecular formula is C12H12F3N3S. The molecule has 2 rings (SSSR count). The van der Waals surface area contributed by atoms with E-state index in [9.17, 15) is 13.2 Å². The molecule has 0 unspecified atom stereocenters. The predicted molar refractivity (Wildman–Crippen MR) is 70.2 cm³/mol. The van der Waals surface area contributed by atoms with Crippen molar-refractivity contribution >= 4 is 22.7 Å². The van der Waals surface area contributed by atoms with Crippen LogP contribution in [0.1, 0.15) is 10.6 Å². The van der Waals surface area contributed by atoms with Gasteiger partial charge in [0.25, 0.3) is 0 Å². The Hall–Kier alpha value is -1.76. The smallest absolute Gasteiger partial charge is 0.396 e. The Morgan fingerprint density at radius 2 is 2.16 bits per heavy atom. The van der Waals surface area contributed by atoms with E-state index in [4.69, 9.17) is 5.73 Å². The maximum absolute atomic E-state index is 12.5. The Kier molecular flexibility index (Phi) is 3.94. The maximum Gasteiger partial charge on any atom is 0.433 e. The summed E-state index contributed by atoms with van der Waals surface area (Å²) in [4.78, 5) is 4.44. The minimum atomic E-state index is -4.46. The zero-order valence-electron chi connectivity index (χ0n) is 9.87. The van der Waals surface area contributed by atoms with Crippen LogP contribution in [0.4, 0.5) is 24.5 Å². The molecule has 0 fully saturated rings. The van der Waals surface area contributed by atoms with Crippen LogP contribution in [0.25, 0.3) is 0 Å². The Bertz CT molecular complexity index is 538. The third-order valence-corrected chi connectivity index (χ3v) is 3.43. The predicted octanol–water partition coefficient (Wildman–Crippen LogP) is 3.40. The van der Waals surface area contributed by atoms with E-state index in [0.29, 0.717) is 6.54 Å². The van der Waals surface area contributed by atoms with Crippen molar-refractivity contribution in [2.45, 2.75) is 12.6 Å². The summed E-state index contributed by atoms with van der Waals surface area (Å²) in [6, 6.07) is 4.84. The van der Waals surface area contributed by atoms with Gasteiger partial charge in [0.15, 0.2) is 0 Å². The normalized spacial score (nSPS) is 11.5. The average molecular weight is 287 g/mol. The summed E-state index contributed by atoms with van der Waals surface area (Å²) in [6.45, 7) is 0.520. The molecule has 0 radical (unpaired) electrons. The second kappa shape index (κ2) is 5.48. The SMILES string of the molecule is Nc1cnc(C(F)(F)F)cc1NCCc1cccs1. The van der Waals surface area contributed by atoms with E-state index < -0.39 is 11.9 Å². The van der Waals surface area contributed by atoms with Crippen molar-refractivity contribution in [1.82, 2.24) is 4.98 Å². The lowest BCUT2D eigenvalue weighted by Gasteiger charge is -2.11. The topological polar surface area (TPSA) is 50.9 Å². The first-order chi connectivity index (χ1) is 8.97. The van der Waals surface area contributed by atoms with E-state index in [2.05, 4.69) is 10.3 Å². The van der Waals surface area contributed by atoms with Gasteiger partial charge in [-0.1, -0.05) is 6.07 Å². The molecule has 102 valence electrons. The molecule has 7 heteroatoms. The van der Waals surface area contributed by atoms with Gasteiger partial charge < -0.3 is 11.1 Å². The van der Waals surface area contributed by atoms with Crippen LogP contribution in [0.3, 0.4) is 0 Å². The second-order valence-corrected chi connectivity index (χ2v) is 4.94. The fraction of sp³-hybridized carbons (Fsp3) is 0.250. The van der Waals surface area contributed by atoms with Crippen LogP contribution in [-0.2, 0) is 12.6 Å². The average Bonchev–Trinajstić information content (AvgIpc) is 2.83. The van der Waals surface area contributed by atoms with Gasteiger partial charge in [-0.25, -0.2) is 4.98 Å². The molecule has 0 aliphatic heterocycles. The maximum atomic E-state index is 12.5. The van der Waals surface area contributed by atoms with Crippen LogP contribution < -0.4 is 11.1 Å². The number of hydrogen-bond acceptors (Lipinski definition) is 4. The fourth-order valence-corrected chi connectivity index (χ4v) is 2.26. The molecule has 0 aliphatic carbocycles. The van der Waals surface area contributed by atoms with Crippen LogP contribution in [0.15, 0.2) is 29.8 Å². The standard InChI is InChI=1S/C12H12F3N3S/c13-12(14,15)11-6-10(9(16)7-18-11)17-4-3-8-2-1-5-19-8/h1-2,5-7H,3-4,16H2,(H,17,18). The van der Waals surface area contributed by atoms with E-state index in [1.165, 1.54) is 0 Å². The molecule has 0 aliphatic rings. The van der Waals surface area contributed by atoms with Crippen molar-refractivity contribution in [2.75, 3.05) is 17.6 Å². The minimum absolute atomic E-state index is 0.208. The van der Waals surface area contributed by atoms with Crippen LogP contribution in [0.2, 0.25) is 0 Å². The number of nitrogens with two attached hydrogens (primary N) is 1. The summed E-state index contributed by atoms with van der Waals surface area (Å²) in [5, 5.41) is 4.86. The molecule has 2 heterocycles. The van der Waals surface area contributed by atoms with Crippen LogP contribution in [0.5, 0.6) is 0 Å². The molecule has 0 bridgehead atoms. The van der Waals surface area contributed by atoms with Crippen molar-refractivity contribution in [2.24, 2.45) is 0 Å². The molecule has 0 saturated carbocycles. The third-order valence-electron chi connectivity index (χ3n) is 2.49. The van der Waals surface area contributed by atoms with Gasteiger partial charge >= 0.3 is 6.18 Å². The first-order valence-corrected chi connectivity index (χ1v) is 6.44. The van der Waals surface area contributed by atoms with Crippen LogP contribution in [0, 0.1) is 0 Å². The number of alkyl halides is 3. The molecule has 19 heavy (non-hydrogen) atoms. The van der Waals surface area contributed by atoms with Gasteiger partial charge in [-0.15, -0.1) is 11.3 Å². The molecule has 0 saturated heterocycles. The number of nitrogens with zero attached hydrogens (tertiary/aromatic N) is 1. The monoisotopic (exact) mass is 287 g/mol. The molecule has 0 atom stereocenters. The van der Waals surface area contributed by atoms with E-state index in [-0.39, 0.29) is 11.4 Å². The summed E-state index contributed by atoms with van der Waals surface area (Å²) in [7, 11) is 0. The van der Waals surface area contributed by atoms with Gasteiger partial charge in [0.05, 0.1) is 17.6 Å². The molecule has 2 aromatic heterocycles. The lowest BCUT2D eigenvalue weighted by molar-refractivity contribution is -0.141. The summed E-state index contributed by atoms with van der Waals surface area (Å²) in [5.41, 5.74) is 5.13. The second-order valence-electron chi connectivity index (χ2n) is 3.91. The highest BCUT2D eigenvalue weighted by Crippen LogP contribution is 2.31. The van der Waals surface area contributed by atoms with Gasteiger partial charge in [-0.2, -0.15) is 13.2 Å². The van der Waals surface area contributed by atoms with E-state index in [1.807, 2.05) is 17.5 Å². The lowest BCUT2D eigenvalue weighted by Crippen LogP contribution is -2.12. The summed E-state index contributed by atoms with van der Waals surface area (Å²) in [6.07, 6.45) is -2.70. The van der Waals surface area contributed by atoms with Crippen LogP contribution >= 0.6 is 11.3 Å². The van der Waals surface area contributed by atoms with Gasteiger partial charge in [0, 0.05) is 11.4 Å². The minimum Gasteiger partial charge on any atom is -0.396 e. The molecule has 0 aromatic carbocycles. The third kappa shape index (κ3) is 3.60. The summed E-state index contributed by atoms with van der Waals surface area (Å²) >= 11 is 1.61. The molecule has 2 aromatic rings. The Balaban J connectivity index is 2.03. The van der Waals surface area contributed by atoms with Crippen molar-refractivity contribution in [3.8, 4) is 0 Å². The van der Waals surface area contributed by atoms with Gasteiger partial charge in [-0.05, 0) is 23.9 Å². The molecule has 0 amide bonds. The van der Waals surface area contributed by atoms with E-state index in [0.717, 1.165) is 23.6 Å². The first-order valence-electron chi connectivity index (χ1n) is 5.56. The lowest BCUT2D eigenvalue weighted by atomic mass is 10.2. The molecule has 0 spiro atoms. The Labute approximate surface area is 112 Å². The molecular weight excluding hydrogens is 275 g/mol. The number of nitrogens with one attached hydrogen (secondary N) is 1. The number of nitrogen functional groups attached to an aromatic ring is 1. The van der Waals surface area contributed by atoms with Crippen molar-refractivity contribution < 1.29 is 13.2 Å². The number of anilines is 2. The molecule has 3 nitrogen and oxygen atoms in total. The largest absolute Gasteiger partial charge is 0.433 e. The number of pyridine rings is 1. The number of halogens is 3. The summed E-state index contributed by atoms with van der Waals surface area (Å²) < 4.78 is 37.5. The quantitative estimate of drug-likeness (QED) is 0.906. The highest BCUT2D eigenvalue weighted by molar-refractivity contribution is 7.09. The van der Waals surface area contributed by atoms with Crippen molar-refractivity contribution in [1.29, 1.82) is 0 Å². The van der Waals surface area contributed by atoms with Crippen molar-refractivity contribution in [3.63, 3.8) is 0 Å². The fourth-order valence-electron chi connectivity index (χ4n) is 1.55. The van der Waals surface area contributed by atoms with Gasteiger partial charge in [0.1, 0.15) is 5.69 Å². The van der Waals surface area contributed by atoms with Crippen LogP contribution in [-0.4, -0.2) is 11.5 Å². The Morgan fingerprint density at radius 3 is 2.79 bits per heavy atom. The number of aromatic nitrogens is 1. The summed E-state index contributed by atoms with van der Waals surface area (Å²) in [5.74, 6) is 0. The zero-order chi connectivity index (χ0) is 13.9. The van der Waals surface area contributed by atoms with E-state index in [1.54, 1.807) is 11.3 Å².